The van der Waals surface area contributed by atoms with E-state index in [1.54, 1.807) is 12.3 Å². The van der Waals surface area contributed by atoms with Gasteiger partial charge in [-0.05, 0) is 29.9 Å². The van der Waals surface area contributed by atoms with Crippen LogP contribution in [-0.4, -0.2) is 10.8 Å². The molecule has 1 aromatic rings. The van der Waals surface area contributed by atoms with Crippen LogP contribution in [0.15, 0.2) is 42.6 Å². The van der Waals surface area contributed by atoms with Crippen LogP contribution in [0.5, 0.6) is 0 Å². The summed E-state index contributed by atoms with van der Waals surface area (Å²) in [5, 5.41) is 0. The van der Waals surface area contributed by atoms with Crippen molar-refractivity contribution >= 4 is 11.4 Å². The van der Waals surface area contributed by atoms with Gasteiger partial charge in [0.15, 0.2) is 5.78 Å². The number of hydrogen-bond donors (Lipinski definition) is 0. The molecule has 2 nitrogen and oxygen atoms in total. The first kappa shape index (κ1) is 7.92. The van der Waals surface area contributed by atoms with Crippen molar-refractivity contribution < 1.29 is 4.79 Å². The summed E-state index contributed by atoms with van der Waals surface area (Å²) in [5.74, 6) is 0.152. The van der Waals surface area contributed by atoms with Gasteiger partial charge in [-0.2, -0.15) is 0 Å². The Balaban J connectivity index is 2.30. The number of allylic oxidation sites excluding steroid dienone is 4. The number of ketones is 1. The van der Waals surface area contributed by atoms with Gasteiger partial charge in [-0.1, -0.05) is 12.1 Å². The van der Waals surface area contributed by atoms with E-state index in [0.29, 0.717) is 6.42 Å². The summed E-state index contributed by atoms with van der Waals surface area (Å²) in [6.07, 6.45) is 7.56. The molecule has 0 N–H and O–H groups in total. The van der Waals surface area contributed by atoms with Gasteiger partial charge in [-0.3, -0.25) is 9.78 Å². The van der Waals surface area contributed by atoms with Gasteiger partial charge in [0.2, 0.25) is 0 Å². The average Bonchev–Trinajstić information content (AvgIpc) is 2.20. The summed E-state index contributed by atoms with van der Waals surface area (Å²) < 4.78 is 0. The van der Waals surface area contributed by atoms with Crippen molar-refractivity contribution in [2.75, 3.05) is 0 Å². The molecule has 0 atom stereocenters. The highest BCUT2D eigenvalue weighted by Crippen LogP contribution is 2.17. The van der Waals surface area contributed by atoms with E-state index >= 15 is 0 Å². The van der Waals surface area contributed by atoms with Gasteiger partial charge in [-0.25, -0.2) is 0 Å². The van der Waals surface area contributed by atoms with Crippen molar-refractivity contribution in [3.05, 3.63) is 48.3 Å². The second kappa shape index (κ2) is 3.35. The Labute approximate surface area is 76.6 Å². The highest BCUT2D eigenvalue weighted by Gasteiger charge is 2.05. The Kier molecular flexibility index (Phi) is 2.04. The lowest BCUT2D eigenvalue weighted by molar-refractivity contribution is -0.113. The highest BCUT2D eigenvalue weighted by atomic mass is 16.1. The summed E-state index contributed by atoms with van der Waals surface area (Å²) in [5.41, 5.74) is 1.95. The zero-order valence-electron chi connectivity index (χ0n) is 7.10. The Morgan fingerprint density at radius 3 is 2.77 bits per heavy atom. The molecular weight excluding hydrogens is 162 g/mol. The Bertz CT molecular complexity index is 376. The van der Waals surface area contributed by atoms with Crippen molar-refractivity contribution in [2.45, 2.75) is 6.42 Å². The molecule has 2 rings (SSSR count). The van der Waals surface area contributed by atoms with Gasteiger partial charge in [-0.15, -0.1) is 0 Å². The third-order valence-electron chi connectivity index (χ3n) is 1.93. The molecule has 13 heavy (non-hydrogen) atoms. The minimum atomic E-state index is 0.152. The molecule has 0 aromatic carbocycles. The largest absolute Gasteiger partial charge is 0.295 e. The van der Waals surface area contributed by atoms with Crippen LogP contribution in [-0.2, 0) is 4.79 Å². The first-order valence-electron chi connectivity index (χ1n) is 4.19. The number of pyridine rings is 1. The van der Waals surface area contributed by atoms with Crippen molar-refractivity contribution in [2.24, 2.45) is 0 Å². The molecule has 1 aliphatic rings. The summed E-state index contributed by atoms with van der Waals surface area (Å²) in [7, 11) is 0. The predicted octanol–water partition coefficient (Wildman–Crippen LogP) is 1.99. The maximum Gasteiger partial charge on any atom is 0.159 e. The molecule has 0 radical (unpaired) electrons. The molecule has 1 aromatic heterocycles. The van der Waals surface area contributed by atoms with Crippen LogP contribution in [0, 0.1) is 0 Å². The normalized spacial score (nSPS) is 15.7. The van der Waals surface area contributed by atoms with Gasteiger partial charge in [0, 0.05) is 12.6 Å². The zero-order valence-corrected chi connectivity index (χ0v) is 7.10. The fourth-order valence-electron chi connectivity index (χ4n) is 1.25. The van der Waals surface area contributed by atoms with E-state index in [-0.39, 0.29) is 5.78 Å². The van der Waals surface area contributed by atoms with Gasteiger partial charge < -0.3 is 0 Å². The van der Waals surface area contributed by atoms with Crippen molar-refractivity contribution in [3.63, 3.8) is 0 Å². The maximum atomic E-state index is 10.9. The average molecular weight is 171 g/mol. The second-order valence-electron chi connectivity index (χ2n) is 2.88. The van der Waals surface area contributed by atoms with Crippen molar-refractivity contribution in [3.8, 4) is 0 Å². The predicted molar refractivity (Wildman–Crippen MR) is 51.0 cm³/mol. The minimum Gasteiger partial charge on any atom is -0.295 e. The van der Waals surface area contributed by atoms with Crippen molar-refractivity contribution in [1.82, 2.24) is 4.98 Å². The molecule has 1 heterocycles. The third-order valence-corrected chi connectivity index (χ3v) is 1.93. The lowest BCUT2D eigenvalue weighted by Gasteiger charge is -2.04. The zero-order chi connectivity index (χ0) is 9.10. The van der Waals surface area contributed by atoms with Crippen LogP contribution < -0.4 is 0 Å². The van der Waals surface area contributed by atoms with E-state index in [1.807, 2.05) is 30.4 Å². The molecule has 0 bridgehead atoms. The van der Waals surface area contributed by atoms with Crippen LogP contribution in [0.1, 0.15) is 12.1 Å². The Morgan fingerprint density at radius 1 is 1.23 bits per heavy atom. The molecule has 64 valence electrons. The summed E-state index contributed by atoms with van der Waals surface area (Å²) in [6, 6.07) is 5.75. The summed E-state index contributed by atoms with van der Waals surface area (Å²) >= 11 is 0. The Hall–Kier alpha value is -1.70. The highest BCUT2D eigenvalue weighted by molar-refractivity contribution is 5.97. The molecule has 0 saturated carbocycles. The van der Waals surface area contributed by atoms with E-state index in [1.165, 1.54) is 0 Å². The van der Waals surface area contributed by atoms with Crippen LogP contribution in [0.4, 0.5) is 0 Å². The fraction of sp³-hybridized carbons (Fsp3) is 0.0909. The number of carbonyl (C=O) groups is 1. The van der Waals surface area contributed by atoms with Crippen molar-refractivity contribution in [1.29, 1.82) is 0 Å². The molecule has 0 spiro atoms. The molecule has 0 aliphatic heterocycles. The monoisotopic (exact) mass is 171 g/mol. The molecule has 0 amide bonds. The minimum absolute atomic E-state index is 0.152. The first-order chi connectivity index (χ1) is 6.36. The summed E-state index contributed by atoms with van der Waals surface area (Å²) in [4.78, 5) is 15.1. The Morgan fingerprint density at radius 2 is 2.15 bits per heavy atom. The second-order valence-corrected chi connectivity index (χ2v) is 2.88. The SMILES string of the molecule is O=C1C=CC(c2ccccn2)=CC1. The quantitative estimate of drug-likeness (QED) is 0.646. The van der Waals surface area contributed by atoms with E-state index in [0.717, 1.165) is 11.3 Å². The van der Waals surface area contributed by atoms with Gasteiger partial charge in [0.25, 0.3) is 0 Å². The molecule has 0 unspecified atom stereocenters. The maximum absolute atomic E-state index is 10.9. The topological polar surface area (TPSA) is 30.0 Å². The smallest absolute Gasteiger partial charge is 0.159 e. The van der Waals surface area contributed by atoms with E-state index in [4.69, 9.17) is 0 Å². The molecule has 0 saturated heterocycles. The third kappa shape index (κ3) is 1.72. The molecule has 1 aliphatic carbocycles. The molecule has 0 fully saturated rings. The molecular formula is C11H9NO. The van der Waals surface area contributed by atoms with Gasteiger partial charge in [0.1, 0.15) is 0 Å². The number of hydrogen-bond acceptors (Lipinski definition) is 2. The summed E-state index contributed by atoms with van der Waals surface area (Å²) in [6.45, 7) is 0. The van der Waals surface area contributed by atoms with Crippen LogP contribution in [0.3, 0.4) is 0 Å². The van der Waals surface area contributed by atoms with Gasteiger partial charge in [0.05, 0.1) is 5.69 Å². The van der Waals surface area contributed by atoms with E-state index in [2.05, 4.69) is 4.98 Å². The number of carbonyl (C=O) groups excluding carboxylic acids is 1. The van der Waals surface area contributed by atoms with E-state index < -0.39 is 0 Å². The number of nitrogens with zero attached hydrogens (tertiary/aromatic N) is 1. The lowest BCUT2D eigenvalue weighted by atomic mass is 10.0. The number of aromatic nitrogens is 1. The van der Waals surface area contributed by atoms with Crippen LogP contribution in [0.2, 0.25) is 0 Å². The van der Waals surface area contributed by atoms with Gasteiger partial charge >= 0.3 is 0 Å². The number of rotatable bonds is 1. The fourth-order valence-corrected chi connectivity index (χ4v) is 1.25. The molecule has 2 heteroatoms. The van der Waals surface area contributed by atoms with E-state index in [9.17, 15) is 4.79 Å². The lowest BCUT2D eigenvalue weighted by Crippen LogP contribution is -1.97. The van der Waals surface area contributed by atoms with Crippen LogP contribution in [0.25, 0.3) is 5.57 Å². The standard InChI is InChI=1S/C11H9NO/c13-10-6-4-9(5-7-10)11-3-1-2-8-12-11/h1-6,8H,7H2. The van der Waals surface area contributed by atoms with Crippen LogP contribution >= 0.6 is 0 Å². The first-order valence-corrected chi connectivity index (χ1v) is 4.19.